The number of aryl methyl sites for hydroxylation is 1. The van der Waals surface area contributed by atoms with Gasteiger partial charge in [0.15, 0.2) is 0 Å². The van der Waals surface area contributed by atoms with Gasteiger partial charge in [0.2, 0.25) is 0 Å². The molecule has 4 heterocycles. The molecule has 196 valence electrons. The molecule has 1 atom stereocenters. The maximum atomic E-state index is 14.1. The van der Waals surface area contributed by atoms with Gasteiger partial charge in [-0.1, -0.05) is 77.7 Å². The van der Waals surface area contributed by atoms with E-state index in [2.05, 4.69) is 45.6 Å². The Morgan fingerprint density at radius 2 is 1.85 bits per heavy atom. The third-order valence-corrected chi connectivity index (χ3v) is 8.05. The van der Waals surface area contributed by atoms with Gasteiger partial charge in [0.1, 0.15) is 17.6 Å². The summed E-state index contributed by atoms with van der Waals surface area (Å²) in [7, 11) is 0. The fourth-order valence-electron chi connectivity index (χ4n) is 5.31. The van der Waals surface area contributed by atoms with E-state index in [0.717, 1.165) is 22.6 Å². The highest BCUT2D eigenvalue weighted by molar-refractivity contribution is 14.1. The van der Waals surface area contributed by atoms with Crippen molar-refractivity contribution in [1.82, 2.24) is 13.7 Å². The molecule has 0 saturated heterocycles. The number of rotatable bonds is 6. The molecule has 9 heteroatoms. The molecule has 0 fully saturated rings. The number of alkyl halides is 1. The lowest BCUT2D eigenvalue weighted by Crippen LogP contribution is -2.39. The summed E-state index contributed by atoms with van der Waals surface area (Å²) in [4.78, 5) is 27.6. The Morgan fingerprint density at radius 3 is 2.54 bits per heavy atom. The van der Waals surface area contributed by atoms with E-state index in [4.69, 9.17) is 16.0 Å². The molecule has 3 aromatic heterocycles. The number of fused-ring (bicyclic) bond motifs is 5. The zero-order valence-corrected chi connectivity index (χ0v) is 24.0. The van der Waals surface area contributed by atoms with E-state index in [1.54, 1.807) is 22.8 Å². The van der Waals surface area contributed by atoms with E-state index in [0.29, 0.717) is 45.3 Å². The SMILES string of the molecule is C=CC(=C)c1ccc(C2Nc3ccccc3-n3c(-c4ccc(Cl)cc4)c4c(=O)n(CI)c(=O)n(CC)c4c32)o1. The van der Waals surface area contributed by atoms with Crippen LogP contribution >= 0.6 is 34.2 Å². The molecule has 0 bridgehead atoms. The molecule has 0 radical (unpaired) electrons. The highest BCUT2D eigenvalue weighted by Crippen LogP contribution is 2.46. The van der Waals surface area contributed by atoms with Gasteiger partial charge in [-0.25, -0.2) is 9.36 Å². The lowest BCUT2D eigenvalue weighted by molar-refractivity contribution is 0.483. The minimum Gasteiger partial charge on any atom is -0.458 e. The lowest BCUT2D eigenvalue weighted by Gasteiger charge is -2.30. The maximum Gasteiger partial charge on any atom is 0.332 e. The van der Waals surface area contributed by atoms with Crippen LogP contribution < -0.4 is 16.6 Å². The van der Waals surface area contributed by atoms with Crippen LogP contribution in [0.15, 0.2) is 93.9 Å². The zero-order valence-electron chi connectivity index (χ0n) is 21.1. The number of hydrogen-bond donors (Lipinski definition) is 1. The number of hydrogen-bond acceptors (Lipinski definition) is 4. The molecule has 39 heavy (non-hydrogen) atoms. The maximum absolute atomic E-state index is 14.1. The topological polar surface area (TPSA) is 74.1 Å². The van der Waals surface area contributed by atoms with E-state index >= 15 is 0 Å². The van der Waals surface area contributed by atoms with Crippen molar-refractivity contribution < 1.29 is 4.42 Å². The smallest absolute Gasteiger partial charge is 0.332 e. The van der Waals surface area contributed by atoms with Gasteiger partial charge in [-0.15, -0.1) is 0 Å². The van der Waals surface area contributed by atoms with Crippen molar-refractivity contribution in [3.05, 3.63) is 123 Å². The van der Waals surface area contributed by atoms with Crippen molar-refractivity contribution >= 4 is 56.4 Å². The first-order valence-corrected chi connectivity index (χ1v) is 14.3. The summed E-state index contributed by atoms with van der Waals surface area (Å²) in [6.45, 7) is 10.1. The molecule has 0 aliphatic carbocycles. The largest absolute Gasteiger partial charge is 0.458 e. The van der Waals surface area contributed by atoms with Gasteiger partial charge >= 0.3 is 5.69 Å². The molecular formula is C30H24ClIN4O3. The van der Waals surface area contributed by atoms with Crippen molar-refractivity contribution in [2.45, 2.75) is 24.1 Å². The third kappa shape index (κ3) is 3.84. The molecule has 0 amide bonds. The van der Waals surface area contributed by atoms with Crippen LogP contribution in [-0.4, -0.2) is 13.7 Å². The first-order valence-electron chi connectivity index (χ1n) is 12.4. The van der Waals surface area contributed by atoms with Gasteiger partial charge in [-0.3, -0.25) is 9.36 Å². The molecule has 1 aliphatic heterocycles. The second kappa shape index (κ2) is 9.77. The number of nitrogens with zero attached hydrogens (tertiary/aromatic N) is 3. The normalized spacial score (nSPS) is 14.1. The zero-order chi connectivity index (χ0) is 27.4. The van der Waals surface area contributed by atoms with Crippen LogP contribution in [-0.2, 0) is 11.1 Å². The number of anilines is 1. The van der Waals surface area contributed by atoms with Gasteiger partial charge in [0.25, 0.3) is 5.56 Å². The fourth-order valence-corrected chi connectivity index (χ4v) is 6.04. The van der Waals surface area contributed by atoms with E-state index in [1.807, 2.05) is 55.5 Å². The number of aromatic nitrogens is 3. The molecule has 1 aliphatic rings. The number of nitrogens with one attached hydrogen (secondary N) is 1. The Morgan fingerprint density at radius 1 is 1.10 bits per heavy atom. The molecule has 1 N–H and O–H groups in total. The minimum atomic E-state index is -0.498. The second-order valence-corrected chi connectivity index (χ2v) is 10.3. The Labute approximate surface area is 242 Å². The van der Waals surface area contributed by atoms with Crippen molar-refractivity contribution in [2.75, 3.05) is 5.32 Å². The lowest BCUT2D eigenvalue weighted by atomic mass is 10.1. The van der Waals surface area contributed by atoms with Gasteiger partial charge in [0.05, 0.1) is 38.2 Å². The first-order chi connectivity index (χ1) is 18.9. The van der Waals surface area contributed by atoms with Gasteiger partial charge in [-0.05, 0) is 48.9 Å². The van der Waals surface area contributed by atoms with Crippen LogP contribution in [0.4, 0.5) is 5.69 Å². The second-order valence-electron chi connectivity index (χ2n) is 9.21. The van der Waals surface area contributed by atoms with Crippen LogP contribution in [0.1, 0.15) is 30.2 Å². The van der Waals surface area contributed by atoms with Gasteiger partial charge in [0, 0.05) is 17.1 Å². The van der Waals surface area contributed by atoms with Crippen LogP contribution in [0, 0.1) is 0 Å². The van der Waals surface area contributed by atoms with E-state index in [1.165, 1.54) is 4.57 Å². The summed E-state index contributed by atoms with van der Waals surface area (Å²) in [5.74, 6) is 1.22. The summed E-state index contributed by atoms with van der Waals surface area (Å²) < 4.78 is 11.5. The Hall–Kier alpha value is -3.76. The quantitative estimate of drug-likeness (QED) is 0.122. The number of benzene rings is 2. The third-order valence-electron chi connectivity index (χ3n) is 7.12. The van der Waals surface area contributed by atoms with E-state index < -0.39 is 6.04 Å². The van der Waals surface area contributed by atoms with E-state index in [9.17, 15) is 9.59 Å². The molecule has 5 aromatic rings. The van der Waals surface area contributed by atoms with Crippen LogP contribution in [0.2, 0.25) is 5.02 Å². The van der Waals surface area contributed by atoms with Gasteiger partial charge < -0.3 is 14.3 Å². The van der Waals surface area contributed by atoms with Gasteiger partial charge in [-0.2, -0.15) is 0 Å². The van der Waals surface area contributed by atoms with E-state index in [-0.39, 0.29) is 15.8 Å². The summed E-state index contributed by atoms with van der Waals surface area (Å²) in [5, 5.41) is 4.67. The molecule has 2 aromatic carbocycles. The standard InChI is InChI=1S/C30H24ClIN4O3/c1-4-17(3)22-14-15-23(39-22)25-28-27-24(29(37)35(16-32)30(38)34(27)5-2)26(18-10-12-19(31)13-11-18)36(28)21-9-7-6-8-20(21)33-25/h4,6-15,25,33H,1,3,5,16H2,2H3. The summed E-state index contributed by atoms with van der Waals surface area (Å²) in [5.41, 5.74) is 4.54. The summed E-state index contributed by atoms with van der Waals surface area (Å²) in [6.07, 6.45) is 1.64. The monoisotopic (exact) mass is 650 g/mol. The highest BCUT2D eigenvalue weighted by atomic mass is 127. The fraction of sp³-hybridized carbons (Fsp3) is 0.133. The number of furan rings is 1. The Balaban J connectivity index is 1.83. The molecule has 0 saturated carbocycles. The minimum absolute atomic E-state index is 0.232. The van der Waals surface area contributed by atoms with Crippen molar-refractivity contribution in [3.8, 4) is 16.9 Å². The summed E-state index contributed by atoms with van der Waals surface area (Å²) in [6, 6.07) is 18.6. The number of para-hydroxylation sites is 2. The van der Waals surface area contributed by atoms with Crippen molar-refractivity contribution in [1.29, 1.82) is 0 Å². The Kier molecular flexibility index (Phi) is 6.39. The number of allylic oxidation sites excluding steroid dienone is 2. The predicted octanol–water partition coefficient (Wildman–Crippen LogP) is 6.99. The van der Waals surface area contributed by atoms with Crippen LogP contribution in [0.5, 0.6) is 0 Å². The Bertz CT molecular complexity index is 1910. The average molecular weight is 651 g/mol. The molecule has 1 unspecified atom stereocenters. The van der Waals surface area contributed by atoms with Crippen molar-refractivity contribution in [2.24, 2.45) is 0 Å². The first kappa shape index (κ1) is 25.5. The highest BCUT2D eigenvalue weighted by Gasteiger charge is 2.36. The average Bonchev–Trinajstić information content (AvgIpc) is 3.58. The van der Waals surface area contributed by atoms with Crippen LogP contribution in [0.3, 0.4) is 0 Å². The summed E-state index contributed by atoms with van der Waals surface area (Å²) >= 11 is 8.31. The van der Waals surface area contributed by atoms with Crippen molar-refractivity contribution in [3.63, 3.8) is 0 Å². The van der Waals surface area contributed by atoms with Crippen LogP contribution in [0.25, 0.3) is 33.4 Å². The molecule has 6 rings (SSSR count). The molecular weight excluding hydrogens is 627 g/mol. The molecule has 0 spiro atoms. The number of halogens is 2. The predicted molar refractivity (Wildman–Crippen MR) is 165 cm³/mol. The molecule has 7 nitrogen and oxygen atoms in total.